The van der Waals surface area contributed by atoms with E-state index in [-0.39, 0.29) is 0 Å². The number of aliphatic carboxylic acids is 1. The Hall–Kier alpha value is -0.570. The van der Waals surface area contributed by atoms with Crippen molar-refractivity contribution < 1.29 is 14.8 Å². The van der Waals surface area contributed by atoms with Crippen molar-refractivity contribution in [1.82, 2.24) is 0 Å². The minimum atomic E-state index is -1.08. The Morgan fingerprint density at radius 2 is 1.80 bits per heavy atom. The Balaban J connectivity index is 0. The highest BCUT2D eigenvalue weighted by molar-refractivity contribution is 5.60. The van der Waals surface area contributed by atoms with Crippen molar-refractivity contribution in [3.05, 3.63) is 0 Å². The number of quaternary nitrogens is 1. The Morgan fingerprint density at radius 1 is 1.50 bits per heavy atom. The Morgan fingerprint density at radius 3 is 1.80 bits per heavy atom. The summed E-state index contributed by atoms with van der Waals surface area (Å²) in [6.45, 7) is 4.47. The van der Waals surface area contributed by atoms with Gasteiger partial charge in [0.2, 0.25) is 0 Å². The molecule has 0 bridgehead atoms. The van der Waals surface area contributed by atoms with Crippen LogP contribution in [0.25, 0.3) is 0 Å². The van der Waals surface area contributed by atoms with Crippen LogP contribution in [0.2, 0.25) is 0 Å². The normalized spacial score (nSPS) is 8.50. The second-order valence-corrected chi connectivity index (χ2v) is 2.45. The topological polar surface area (TPSA) is 44.6 Å². The molecule has 0 spiro atoms. The number of carboxylic acid groups (broad SMARTS) is 1. The van der Waals surface area contributed by atoms with Gasteiger partial charge in [0, 0.05) is 5.97 Å². The minimum Gasteiger partial charge on any atom is -0.550 e. The van der Waals surface area contributed by atoms with E-state index in [0.29, 0.717) is 0 Å². The Labute approximate surface area is 62.7 Å². The van der Waals surface area contributed by atoms with Crippen molar-refractivity contribution in [2.24, 2.45) is 0 Å². The number of carbonyl (C=O) groups excluding carboxylic acids is 1. The van der Waals surface area contributed by atoms with E-state index in [1.54, 1.807) is 0 Å². The molecule has 0 saturated heterocycles. The summed E-state index contributed by atoms with van der Waals surface area (Å²) in [5, 5.41) is 8.89. The second kappa shape index (κ2) is 8.43. The molecule has 0 atom stereocenters. The maximum Gasteiger partial charge on any atom is 0.0764 e. The molecule has 1 N–H and O–H groups in total. The van der Waals surface area contributed by atoms with Gasteiger partial charge in [-0.25, -0.2) is 0 Å². The quantitative estimate of drug-likeness (QED) is 0.506. The number of hydrogen-bond acceptors (Lipinski definition) is 2. The first-order chi connectivity index (χ1) is 4.50. The van der Waals surface area contributed by atoms with Gasteiger partial charge in [0.1, 0.15) is 0 Å². The molecule has 0 radical (unpaired) electrons. The van der Waals surface area contributed by atoms with E-state index >= 15 is 0 Å². The van der Waals surface area contributed by atoms with Crippen LogP contribution < -0.4 is 10.0 Å². The van der Waals surface area contributed by atoms with Crippen molar-refractivity contribution in [1.29, 1.82) is 0 Å². The van der Waals surface area contributed by atoms with Gasteiger partial charge < -0.3 is 14.8 Å². The molecule has 0 fully saturated rings. The summed E-state index contributed by atoms with van der Waals surface area (Å²) < 4.78 is 0. The fraction of sp³-hybridized carbons (Fsp3) is 0.857. The lowest BCUT2D eigenvalue weighted by molar-refractivity contribution is -0.858. The molecule has 0 aromatic carbocycles. The zero-order valence-electron chi connectivity index (χ0n) is 7.23. The third-order valence-corrected chi connectivity index (χ3v) is 0.750. The molecule has 0 aromatic heterocycles. The molecule has 10 heavy (non-hydrogen) atoms. The lowest BCUT2D eigenvalue weighted by Crippen LogP contribution is -3.05. The number of nitrogens with one attached hydrogen (secondary N) is 1. The van der Waals surface area contributed by atoms with Crippen LogP contribution in [-0.2, 0) is 4.79 Å². The van der Waals surface area contributed by atoms with Crippen LogP contribution in [-0.4, -0.2) is 26.6 Å². The largest absolute Gasteiger partial charge is 0.550 e. The number of hydrogen-bond donors (Lipinski definition) is 1. The van der Waals surface area contributed by atoms with Gasteiger partial charge >= 0.3 is 0 Å². The first kappa shape index (κ1) is 12.1. The van der Waals surface area contributed by atoms with Gasteiger partial charge in [-0.2, -0.15) is 0 Å². The summed E-state index contributed by atoms with van der Waals surface area (Å²) in [5.41, 5.74) is 0. The van der Waals surface area contributed by atoms with Gasteiger partial charge in [0.25, 0.3) is 0 Å². The van der Waals surface area contributed by atoms with Crippen molar-refractivity contribution >= 4 is 5.97 Å². The van der Waals surface area contributed by atoms with Gasteiger partial charge in [0.15, 0.2) is 0 Å². The molecule has 0 aliphatic rings. The number of carboxylic acids is 1. The highest BCUT2D eigenvalue weighted by atomic mass is 16.4. The summed E-state index contributed by atoms with van der Waals surface area (Å²) in [7, 11) is 4.34. The molecule has 0 heterocycles. The fourth-order valence-electron chi connectivity index (χ4n) is 0.500. The molecule has 0 aromatic rings. The monoisotopic (exact) mass is 147 g/mol. The van der Waals surface area contributed by atoms with Gasteiger partial charge in [-0.15, -0.1) is 0 Å². The lowest BCUT2D eigenvalue weighted by Gasteiger charge is -2.01. The van der Waals surface area contributed by atoms with Gasteiger partial charge in [-0.3, -0.25) is 0 Å². The molecular weight excluding hydrogens is 130 g/mol. The first-order valence-corrected chi connectivity index (χ1v) is 3.47. The summed E-state index contributed by atoms with van der Waals surface area (Å²) in [4.78, 5) is 10.4. The molecule has 62 valence electrons. The van der Waals surface area contributed by atoms with E-state index in [0.717, 1.165) is 6.92 Å². The van der Waals surface area contributed by atoms with Crippen LogP contribution in [0.15, 0.2) is 0 Å². The van der Waals surface area contributed by atoms with E-state index in [2.05, 4.69) is 21.0 Å². The molecule has 0 rings (SSSR count). The van der Waals surface area contributed by atoms with Crippen LogP contribution in [0, 0.1) is 0 Å². The SMILES string of the molecule is CC(=O)[O-].CCC[NH+](C)C. The maximum absolute atomic E-state index is 8.89. The predicted molar refractivity (Wildman–Crippen MR) is 38.6 cm³/mol. The van der Waals surface area contributed by atoms with Gasteiger partial charge in [0.05, 0.1) is 20.6 Å². The molecule has 0 aliphatic carbocycles. The van der Waals surface area contributed by atoms with Crippen molar-refractivity contribution in [3.8, 4) is 0 Å². The highest BCUT2D eigenvalue weighted by Gasteiger charge is 1.83. The number of rotatable bonds is 2. The van der Waals surface area contributed by atoms with Crippen LogP contribution in [0.3, 0.4) is 0 Å². The Bertz CT molecular complexity index is 77.7. The van der Waals surface area contributed by atoms with E-state index < -0.39 is 5.97 Å². The summed E-state index contributed by atoms with van der Waals surface area (Å²) in [6, 6.07) is 0. The summed E-state index contributed by atoms with van der Waals surface area (Å²) >= 11 is 0. The third-order valence-electron chi connectivity index (χ3n) is 0.750. The lowest BCUT2D eigenvalue weighted by atomic mass is 10.5. The van der Waals surface area contributed by atoms with Crippen molar-refractivity contribution in [3.63, 3.8) is 0 Å². The summed E-state index contributed by atoms with van der Waals surface area (Å²) in [6.07, 6.45) is 1.29. The number of carbonyl (C=O) groups is 1. The van der Waals surface area contributed by atoms with Crippen LogP contribution in [0.5, 0.6) is 0 Å². The molecule has 0 aliphatic heterocycles. The average Bonchev–Trinajstić information content (AvgIpc) is 1.62. The first-order valence-electron chi connectivity index (χ1n) is 3.47. The standard InChI is InChI=1S/C5H13N.C2H4O2/c1-4-5-6(2)3;1-2(3)4/h4-5H2,1-3H3;1H3,(H,3,4). The molecular formula is C7H17NO2. The maximum atomic E-state index is 8.89. The molecule has 3 heteroatoms. The van der Waals surface area contributed by atoms with Crippen LogP contribution in [0.1, 0.15) is 20.3 Å². The zero-order valence-corrected chi connectivity index (χ0v) is 7.23. The van der Waals surface area contributed by atoms with Gasteiger partial charge in [-0.1, -0.05) is 6.92 Å². The van der Waals surface area contributed by atoms with E-state index in [1.807, 2.05) is 0 Å². The third kappa shape index (κ3) is 52.0. The van der Waals surface area contributed by atoms with E-state index in [9.17, 15) is 0 Å². The molecule has 0 amide bonds. The summed E-state index contributed by atoms with van der Waals surface area (Å²) in [5.74, 6) is -1.08. The van der Waals surface area contributed by atoms with E-state index in [4.69, 9.17) is 9.90 Å². The predicted octanol–water partition coefficient (Wildman–Crippen LogP) is -1.70. The molecule has 3 nitrogen and oxygen atoms in total. The Kier molecular flexibility index (Phi) is 10.2. The minimum absolute atomic E-state index is 0.972. The highest BCUT2D eigenvalue weighted by Crippen LogP contribution is 1.58. The fourth-order valence-corrected chi connectivity index (χ4v) is 0.500. The van der Waals surface area contributed by atoms with Crippen molar-refractivity contribution in [2.75, 3.05) is 20.6 Å². The second-order valence-electron chi connectivity index (χ2n) is 2.45. The smallest absolute Gasteiger partial charge is 0.0764 e. The zero-order chi connectivity index (χ0) is 8.57. The van der Waals surface area contributed by atoms with Crippen LogP contribution in [0.4, 0.5) is 0 Å². The van der Waals surface area contributed by atoms with Crippen LogP contribution >= 0.6 is 0 Å². The molecule has 0 unspecified atom stereocenters. The average molecular weight is 147 g/mol. The van der Waals surface area contributed by atoms with Gasteiger partial charge in [-0.05, 0) is 13.3 Å². The van der Waals surface area contributed by atoms with Crippen molar-refractivity contribution in [2.45, 2.75) is 20.3 Å². The van der Waals surface area contributed by atoms with E-state index in [1.165, 1.54) is 17.9 Å². The molecule has 0 saturated carbocycles.